The number of anilines is 1. The van der Waals surface area contributed by atoms with E-state index >= 15 is 0 Å². The van der Waals surface area contributed by atoms with Gasteiger partial charge in [0.2, 0.25) is 5.91 Å². The van der Waals surface area contributed by atoms with Crippen LogP contribution in [0.5, 0.6) is 5.75 Å². The number of carbonyl (C=O) groups excluding carboxylic acids is 1. The number of carbonyl (C=O) groups is 1. The molecule has 2 N–H and O–H groups in total. The van der Waals surface area contributed by atoms with Crippen LogP contribution in [-0.2, 0) is 11.2 Å². The zero-order valence-corrected chi connectivity index (χ0v) is 13.4. The second-order valence-electron chi connectivity index (χ2n) is 5.37. The van der Waals surface area contributed by atoms with E-state index < -0.39 is 5.92 Å². The van der Waals surface area contributed by atoms with Crippen molar-refractivity contribution in [3.05, 3.63) is 65.7 Å². The van der Waals surface area contributed by atoms with Crippen LogP contribution in [0.2, 0.25) is 0 Å². The standard InChI is InChI=1S/C17H16FN5O2/c1-25-14-8-6-13(7-9-14)19-17(24)15(16-20-22-23-21-16)10-11-2-4-12(18)5-3-11/h2-9,15H,10H2,1H3,(H,19,24)(H,20,21,22,23). The number of nitrogens with one attached hydrogen (secondary N) is 2. The van der Waals surface area contributed by atoms with E-state index in [4.69, 9.17) is 4.74 Å². The number of hydrogen-bond acceptors (Lipinski definition) is 5. The number of halogens is 1. The second-order valence-corrected chi connectivity index (χ2v) is 5.37. The van der Waals surface area contributed by atoms with Crippen LogP contribution in [0.15, 0.2) is 48.5 Å². The van der Waals surface area contributed by atoms with Crippen LogP contribution in [0.1, 0.15) is 17.3 Å². The highest BCUT2D eigenvalue weighted by Gasteiger charge is 2.25. The van der Waals surface area contributed by atoms with Crippen LogP contribution in [0.3, 0.4) is 0 Å². The van der Waals surface area contributed by atoms with Crippen molar-refractivity contribution >= 4 is 11.6 Å². The quantitative estimate of drug-likeness (QED) is 0.718. The second kappa shape index (κ2) is 7.52. The van der Waals surface area contributed by atoms with Crippen LogP contribution >= 0.6 is 0 Å². The first-order valence-electron chi connectivity index (χ1n) is 7.58. The van der Waals surface area contributed by atoms with Crippen molar-refractivity contribution in [2.45, 2.75) is 12.3 Å². The Morgan fingerprint density at radius 3 is 2.52 bits per heavy atom. The van der Waals surface area contributed by atoms with Crippen molar-refractivity contribution in [2.24, 2.45) is 0 Å². The van der Waals surface area contributed by atoms with Crippen molar-refractivity contribution in [1.29, 1.82) is 0 Å². The topological polar surface area (TPSA) is 92.8 Å². The fourth-order valence-corrected chi connectivity index (χ4v) is 2.38. The molecule has 0 aliphatic carbocycles. The largest absolute Gasteiger partial charge is 0.497 e. The molecule has 1 amide bonds. The molecule has 0 aliphatic heterocycles. The number of aromatic amines is 1. The lowest BCUT2D eigenvalue weighted by molar-refractivity contribution is -0.117. The fraction of sp³-hybridized carbons (Fsp3) is 0.176. The van der Waals surface area contributed by atoms with E-state index in [-0.39, 0.29) is 17.5 Å². The smallest absolute Gasteiger partial charge is 0.235 e. The van der Waals surface area contributed by atoms with Crippen molar-refractivity contribution in [1.82, 2.24) is 20.6 Å². The predicted octanol–water partition coefficient (Wildman–Crippen LogP) is 2.31. The molecule has 8 heteroatoms. The molecule has 0 fully saturated rings. The average molecular weight is 341 g/mol. The molecule has 2 aromatic carbocycles. The summed E-state index contributed by atoms with van der Waals surface area (Å²) in [5.41, 5.74) is 1.42. The zero-order chi connectivity index (χ0) is 17.6. The summed E-state index contributed by atoms with van der Waals surface area (Å²) in [4.78, 5) is 12.7. The first kappa shape index (κ1) is 16.6. The molecule has 7 nitrogen and oxygen atoms in total. The van der Waals surface area contributed by atoms with E-state index in [2.05, 4.69) is 25.9 Å². The minimum atomic E-state index is -0.661. The Kier molecular flexibility index (Phi) is 4.98. The molecule has 128 valence electrons. The minimum Gasteiger partial charge on any atom is -0.497 e. The number of aromatic nitrogens is 4. The maximum absolute atomic E-state index is 13.1. The van der Waals surface area contributed by atoms with Gasteiger partial charge in [-0.1, -0.05) is 17.3 Å². The van der Waals surface area contributed by atoms with Crippen molar-refractivity contribution < 1.29 is 13.9 Å². The van der Waals surface area contributed by atoms with Gasteiger partial charge < -0.3 is 10.1 Å². The van der Waals surface area contributed by atoms with Gasteiger partial charge in [0.1, 0.15) is 17.5 Å². The Hall–Kier alpha value is -3.29. The highest BCUT2D eigenvalue weighted by Crippen LogP contribution is 2.21. The third kappa shape index (κ3) is 4.17. The maximum Gasteiger partial charge on any atom is 0.235 e. The molecule has 1 atom stereocenters. The molecule has 1 aromatic heterocycles. The summed E-state index contributed by atoms with van der Waals surface area (Å²) in [5.74, 6) is -0.306. The predicted molar refractivity (Wildman–Crippen MR) is 88.6 cm³/mol. The lowest BCUT2D eigenvalue weighted by atomic mass is 9.97. The van der Waals surface area contributed by atoms with E-state index in [1.807, 2.05) is 0 Å². The molecule has 0 aliphatic rings. The number of benzene rings is 2. The van der Waals surface area contributed by atoms with Gasteiger partial charge in [0.25, 0.3) is 0 Å². The van der Waals surface area contributed by atoms with Gasteiger partial charge in [-0.2, -0.15) is 5.21 Å². The highest BCUT2D eigenvalue weighted by molar-refractivity contribution is 5.95. The molecule has 3 aromatic rings. The summed E-state index contributed by atoms with van der Waals surface area (Å²) in [6.45, 7) is 0. The van der Waals surface area contributed by atoms with E-state index in [0.717, 1.165) is 5.56 Å². The van der Waals surface area contributed by atoms with Crippen LogP contribution in [0.25, 0.3) is 0 Å². The van der Waals surface area contributed by atoms with Gasteiger partial charge in [-0.3, -0.25) is 4.79 Å². The number of hydrogen-bond donors (Lipinski definition) is 2. The number of methoxy groups -OCH3 is 1. The summed E-state index contributed by atoms with van der Waals surface area (Å²) in [6, 6.07) is 12.9. The molecular formula is C17H16FN5O2. The van der Waals surface area contributed by atoms with Gasteiger partial charge in [-0.15, -0.1) is 10.2 Å². The SMILES string of the molecule is COc1ccc(NC(=O)C(Cc2ccc(F)cc2)c2nn[nH]n2)cc1. The van der Waals surface area contributed by atoms with Gasteiger partial charge in [0.05, 0.1) is 7.11 Å². The molecule has 1 heterocycles. The van der Waals surface area contributed by atoms with Gasteiger partial charge in [-0.25, -0.2) is 4.39 Å². The number of rotatable bonds is 6. The summed E-state index contributed by atoms with van der Waals surface area (Å²) in [5, 5.41) is 16.5. The van der Waals surface area contributed by atoms with E-state index in [1.165, 1.54) is 12.1 Å². The van der Waals surface area contributed by atoms with Crippen molar-refractivity contribution in [3.63, 3.8) is 0 Å². The van der Waals surface area contributed by atoms with Gasteiger partial charge >= 0.3 is 0 Å². The van der Waals surface area contributed by atoms with E-state index in [1.54, 1.807) is 43.5 Å². The zero-order valence-electron chi connectivity index (χ0n) is 13.4. The van der Waals surface area contributed by atoms with Crippen molar-refractivity contribution in [3.8, 4) is 5.75 Å². The Labute approximate surface area is 143 Å². The summed E-state index contributed by atoms with van der Waals surface area (Å²) in [6.07, 6.45) is 0.321. The number of tetrazole rings is 1. The Bertz CT molecular complexity index is 819. The maximum atomic E-state index is 13.1. The van der Waals surface area contributed by atoms with Crippen LogP contribution in [-0.4, -0.2) is 33.6 Å². The number of amides is 1. The van der Waals surface area contributed by atoms with Gasteiger partial charge in [-0.05, 0) is 48.4 Å². The Morgan fingerprint density at radius 1 is 1.20 bits per heavy atom. The van der Waals surface area contributed by atoms with E-state index in [9.17, 15) is 9.18 Å². The average Bonchev–Trinajstić information content (AvgIpc) is 3.16. The Morgan fingerprint density at radius 2 is 1.92 bits per heavy atom. The van der Waals surface area contributed by atoms with Crippen LogP contribution in [0, 0.1) is 5.82 Å². The normalized spacial score (nSPS) is 11.8. The number of H-pyrrole nitrogens is 1. The van der Waals surface area contributed by atoms with Crippen LogP contribution < -0.4 is 10.1 Å². The first-order valence-corrected chi connectivity index (χ1v) is 7.58. The highest BCUT2D eigenvalue weighted by atomic mass is 19.1. The first-order chi connectivity index (χ1) is 12.2. The number of nitrogens with zero attached hydrogens (tertiary/aromatic N) is 3. The summed E-state index contributed by atoms with van der Waals surface area (Å²) in [7, 11) is 1.57. The lowest BCUT2D eigenvalue weighted by Crippen LogP contribution is -2.24. The molecule has 0 saturated carbocycles. The minimum absolute atomic E-state index is 0.273. The molecule has 0 spiro atoms. The summed E-state index contributed by atoms with van der Waals surface area (Å²) >= 11 is 0. The molecule has 0 radical (unpaired) electrons. The fourth-order valence-electron chi connectivity index (χ4n) is 2.38. The third-order valence-corrected chi connectivity index (χ3v) is 3.70. The van der Waals surface area contributed by atoms with Gasteiger partial charge in [0, 0.05) is 5.69 Å². The van der Waals surface area contributed by atoms with Crippen molar-refractivity contribution in [2.75, 3.05) is 12.4 Å². The molecular weight excluding hydrogens is 325 g/mol. The lowest BCUT2D eigenvalue weighted by Gasteiger charge is -2.14. The molecule has 25 heavy (non-hydrogen) atoms. The molecule has 1 unspecified atom stereocenters. The van der Waals surface area contributed by atoms with E-state index in [0.29, 0.717) is 17.9 Å². The third-order valence-electron chi connectivity index (χ3n) is 3.70. The Balaban J connectivity index is 1.78. The number of ether oxygens (including phenoxy) is 1. The van der Waals surface area contributed by atoms with Gasteiger partial charge in [0.15, 0.2) is 5.82 Å². The molecule has 3 rings (SSSR count). The molecule has 0 saturated heterocycles. The summed E-state index contributed by atoms with van der Waals surface area (Å²) < 4.78 is 18.2. The monoisotopic (exact) mass is 341 g/mol. The molecule has 0 bridgehead atoms. The van der Waals surface area contributed by atoms with Crippen LogP contribution in [0.4, 0.5) is 10.1 Å².